The minimum absolute atomic E-state index is 0.0758. The molecule has 7 nitrogen and oxygen atoms in total. The van der Waals surface area contributed by atoms with Crippen LogP contribution in [-0.4, -0.2) is 33.2 Å². The molecule has 0 aliphatic rings. The van der Waals surface area contributed by atoms with Crippen molar-refractivity contribution < 1.29 is 22.7 Å². The number of carbonyl (C=O) groups excluding carboxylic acids is 2. The summed E-state index contributed by atoms with van der Waals surface area (Å²) in [5.41, 5.74) is 1.32. The number of hydrogen-bond acceptors (Lipinski definition) is 5. The van der Waals surface area contributed by atoms with Crippen LogP contribution in [0.15, 0.2) is 46.9 Å². The van der Waals surface area contributed by atoms with Crippen LogP contribution in [-0.2, 0) is 30.8 Å². The van der Waals surface area contributed by atoms with Gasteiger partial charge in [0.2, 0.25) is 15.9 Å². The number of carbonyl (C=O) groups is 2. The van der Waals surface area contributed by atoms with E-state index < -0.39 is 21.7 Å². The number of ether oxygens (including phenoxy) is 1. The van der Waals surface area contributed by atoms with Gasteiger partial charge in [0, 0.05) is 15.2 Å². The van der Waals surface area contributed by atoms with Crippen LogP contribution in [0, 0.1) is 0 Å². The molecule has 2 aromatic rings. The van der Waals surface area contributed by atoms with Crippen LogP contribution in [0.2, 0.25) is 5.02 Å². The van der Waals surface area contributed by atoms with Gasteiger partial charge < -0.3 is 10.1 Å². The Bertz CT molecular complexity index is 982. The topological polar surface area (TPSA) is 102 Å². The Labute approximate surface area is 176 Å². The van der Waals surface area contributed by atoms with Gasteiger partial charge in [0.05, 0.1) is 31.4 Å². The van der Waals surface area contributed by atoms with Crippen molar-refractivity contribution in [3.63, 3.8) is 0 Å². The Kier molecular flexibility index (Phi) is 7.85. The summed E-state index contributed by atoms with van der Waals surface area (Å²) < 4.78 is 31.6. The van der Waals surface area contributed by atoms with E-state index in [-0.39, 0.29) is 24.4 Å². The van der Waals surface area contributed by atoms with Crippen LogP contribution in [0.1, 0.15) is 12.0 Å². The van der Waals surface area contributed by atoms with Crippen molar-refractivity contribution in [1.82, 2.24) is 0 Å². The minimum Gasteiger partial charge on any atom is -0.469 e. The van der Waals surface area contributed by atoms with E-state index in [1.807, 2.05) is 0 Å². The number of methoxy groups -OCH3 is 1. The molecule has 2 rings (SSSR count). The Balaban J connectivity index is 2.07. The Morgan fingerprint density at radius 3 is 2.50 bits per heavy atom. The summed E-state index contributed by atoms with van der Waals surface area (Å²) in [6, 6.07) is 11.7. The first-order chi connectivity index (χ1) is 13.2. The molecular weight excluding hydrogens is 472 g/mol. The molecule has 150 valence electrons. The van der Waals surface area contributed by atoms with Gasteiger partial charge in [-0.1, -0.05) is 45.7 Å². The van der Waals surface area contributed by atoms with E-state index in [9.17, 15) is 18.0 Å². The first-order valence-electron chi connectivity index (χ1n) is 8.09. The molecular formula is C18H18BrClN2O5S. The molecule has 0 aliphatic heterocycles. The summed E-state index contributed by atoms with van der Waals surface area (Å²) in [5.74, 6) is -1.33. The second-order valence-electron chi connectivity index (χ2n) is 5.79. The number of nitrogens with one attached hydrogen (secondary N) is 2. The molecule has 0 saturated carbocycles. The van der Waals surface area contributed by atoms with Gasteiger partial charge >= 0.3 is 5.97 Å². The Morgan fingerprint density at radius 1 is 1.14 bits per heavy atom. The standard InChI is InChI=1S/C18H18BrClN2O5S/c1-27-18(24)6-7-28(25,26)22-15-10-13(19)9-14(11-15)21-17(23)8-12-4-2-3-5-16(12)20/h2-5,9-11,22H,6-8H2,1H3,(H,21,23). The van der Waals surface area contributed by atoms with E-state index in [0.717, 1.165) is 0 Å². The molecule has 0 aromatic heterocycles. The average Bonchev–Trinajstić information content (AvgIpc) is 2.60. The smallest absolute Gasteiger partial charge is 0.306 e. The molecule has 0 bridgehead atoms. The third kappa shape index (κ3) is 7.14. The van der Waals surface area contributed by atoms with Gasteiger partial charge in [-0.3, -0.25) is 14.3 Å². The first-order valence-corrected chi connectivity index (χ1v) is 10.9. The lowest BCUT2D eigenvalue weighted by atomic mass is 10.1. The van der Waals surface area contributed by atoms with Crippen LogP contribution >= 0.6 is 27.5 Å². The van der Waals surface area contributed by atoms with Gasteiger partial charge in [0.15, 0.2) is 0 Å². The van der Waals surface area contributed by atoms with Gasteiger partial charge in [-0.05, 0) is 29.8 Å². The highest BCUT2D eigenvalue weighted by molar-refractivity contribution is 9.10. The van der Waals surface area contributed by atoms with Crippen molar-refractivity contribution in [2.24, 2.45) is 0 Å². The maximum absolute atomic E-state index is 12.3. The maximum Gasteiger partial charge on any atom is 0.306 e. The van der Waals surface area contributed by atoms with Crippen molar-refractivity contribution in [2.45, 2.75) is 12.8 Å². The number of hydrogen-bond donors (Lipinski definition) is 2. The Hall–Kier alpha value is -2.10. The molecule has 10 heteroatoms. The third-order valence-corrected chi connectivity index (χ3v) is 5.68. The summed E-state index contributed by atoms with van der Waals surface area (Å²) in [4.78, 5) is 23.4. The predicted octanol–water partition coefficient (Wildman–Crippen LogP) is 3.59. The fourth-order valence-corrected chi connectivity index (χ4v) is 4.00. The summed E-state index contributed by atoms with van der Waals surface area (Å²) in [6.45, 7) is 0. The SMILES string of the molecule is COC(=O)CCS(=O)(=O)Nc1cc(Br)cc(NC(=O)Cc2ccccc2Cl)c1. The van der Waals surface area contributed by atoms with Gasteiger partial charge in [-0.15, -0.1) is 0 Å². The number of halogens is 2. The highest BCUT2D eigenvalue weighted by Gasteiger charge is 2.15. The number of anilines is 2. The molecule has 2 aromatic carbocycles. The normalized spacial score (nSPS) is 11.0. The molecule has 0 radical (unpaired) electrons. The van der Waals surface area contributed by atoms with E-state index in [1.165, 1.54) is 13.2 Å². The zero-order valence-corrected chi connectivity index (χ0v) is 18.0. The summed E-state index contributed by atoms with van der Waals surface area (Å²) in [6.07, 6.45) is -0.187. The molecule has 28 heavy (non-hydrogen) atoms. The zero-order valence-electron chi connectivity index (χ0n) is 14.9. The lowest BCUT2D eigenvalue weighted by Gasteiger charge is -2.11. The predicted molar refractivity (Wildman–Crippen MR) is 112 cm³/mol. The zero-order chi connectivity index (χ0) is 20.7. The van der Waals surface area contributed by atoms with Gasteiger partial charge in [-0.2, -0.15) is 0 Å². The molecule has 0 fully saturated rings. The third-order valence-electron chi connectivity index (χ3n) is 3.57. The van der Waals surface area contributed by atoms with Crippen molar-refractivity contribution in [2.75, 3.05) is 22.9 Å². The lowest BCUT2D eigenvalue weighted by molar-refractivity contribution is -0.140. The van der Waals surface area contributed by atoms with Crippen molar-refractivity contribution >= 4 is 60.8 Å². The van der Waals surface area contributed by atoms with Gasteiger partial charge in [0.1, 0.15) is 0 Å². The van der Waals surface area contributed by atoms with E-state index in [0.29, 0.717) is 20.7 Å². The van der Waals surface area contributed by atoms with Crippen LogP contribution in [0.5, 0.6) is 0 Å². The van der Waals surface area contributed by atoms with Crippen LogP contribution in [0.25, 0.3) is 0 Å². The highest BCUT2D eigenvalue weighted by Crippen LogP contribution is 2.24. The fourth-order valence-electron chi connectivity index (χ4n) is 2.29. The summed E-state index contributed by atoms with van der Waals surface area (Å²) in [7, 11) is -2.57. The highest BCUT2D eigenvalue weighted by atomic mass is 79.9. The van der Waals surface area contributed by atoms with Crippen molar-refractivity contribution in [1.29, 1.82) is 0 Å². The van der Waals surface area contributed by atoms with Crippen LogP contribution in [0.4, 0.5) is 11.4 Å². The number of sulfonamides is 1. The van der Waals surface area contributed by atoms with Crippen molar-refractivity contribution in [3.05, 3.63) is 57.5 Å². The van der Waals surface area contributed by atoms with Crippen molar-refractivity contribution in [3.8, 4) is 0 Å². The first kappa shape index (κ1) is 22.2. The summed E-state index contributed by atoms with van der Waals surface area (Å²) in [5, 5.41) is 3.20. The number of amides is 1. The second-order valence-corrected chi connectivity index (χ2v) is 8.96. The quantitative estimate of drug-likeness (QED) is 0.552. The molecule has 0 unspecified atom stereocenters. The van der Waals surface area contributed by atoms with E-state index >= 15 is 0 Å². The molecule has 0 aliphatic carbocycles. The number of benzene rings is 2. The van der Waals surface area contributed by atoms with Gasteiger partial charge in [0.25, 0.3) is 0 Å². The number of rotatable bonds is 8. The maximum atomic E-state index is 12.3. The molecule has 2 N–H and O–H groups in total. The lowest BCUT2D eigenvalue weighted by Crippen LogP contribution is -2.20. The largest absolute Gasteiger partial charge is 0.469 e. The van der Waals surface area contributed by atoms with Crippen LogP contribution < -0.4 is 10.0 Å². The van der Waals surface area contributed by atoms with E-state index in [2.05, 4.69) is 30.7 Å². The molecule has 0 heterocycles. The van der Waals surface area contributed by atoms with Crippen LogP contribution in [0.3, 0.4) is 0 Å². The van der Waals surface area contributed by atoms with Gasteiger partial charge in [-0.25, -0.2) is 8.42 Å². The molecule has 1 amide bonds. The molecule has 0 saturated heterocycles. The van der Waals surface area contributed by atoms with E-state index in [4.69, 9.17) is 11.6 Å². The average molecular weight is 490 g/mol. The molecule has 0 atom stereocenters. The van der Waals surface area contributed by atoms with E-state index in [1.54, 1.807) is 36.4 Å². The monoisotopic (exact) mass is 488 g/mol. The number of esters is 1. The fraction of sp³-hybridized carbons (Fsp3) is 0.222. The molecule has 0 spiro atoms. The Morgan fingerprint density at radius 2 is 1.82 bits per heavy atom. The minimum atomic E-state index is -3.76. The summed E-state index contributed by atoms with van der Waals surface area (Å²) >= 11 is 9.34. The second kappa shape index (κ2) is 9.90.